The Morgan fingerprint density at radius 2 is 1.84 bits per heavy atom. The molecule has 1 atom stereocenters. The van der Waals surface area contributed by atoms with Crippen molar-refractivity contribution in [1.82, 2.24) is 4.98 Å². The molecule has 0 saturated heterocycles. The summed E-state index contributed by atoms with van der Waals surface area (Å²) in [5, 5.41) is 9.30. The first-order valence-corrected chi connectivity index (χ1v) is 13.5. The number of carboxylic acids is 1. The van der Waals surface area contributed by atoms with Gasteiger partial charge in [0.15, 0.2) is 26.5 Å². The number of aromatic nitrogens is 1. The Labute approximate surface area is 214 Å². The molecule has 1 aromatic heterocycles. The molecule has 37 heavy (non-hydrogen) atoms. The number of thiazole rings is 1. The second-order valence-corrected chi connectivity index (χ2v) is 11.5. The number of amides is 1. The zero-order chi connectivity index (χ0) is 26.7. The summed E-state index contributed by atoms with van der Waals surface area (Å²) in [7, 11) is -3.90. The second-order valence-electron chi connectivity index (χ2n) is 8.36. The van der Waals surface area contributed by atoms with Gasteiger partial charge >= 0.3 is 5.97 Å². The van der Waals surface area contributed by atoms with Gasteiger partial charge < -0.3 is 9.84 Å². The molecule has 0 spiro atoms. The predicted molar refractivity (Wildman–Crippen MR) is 128 cm³/mol. The van der Waals surface area contributed by atoms with Crippen molar-refractivity contribution in [2.75, 3.05) is 5.32 Å². The van der Waals surface area contributed by atoms with Crippen molar-refractivity contribution in [3.05, 3.63) is 70.5 Å². The average molecular weight is 555 g/mol. The number of carbonyl (C=O) groups excluding carboxylic acids is 1. The zero-order valence-corrected chi connectivity index (χ0v) is 20.8. The van der Waals surface area contributed by atoms with E-state index in [0.29, 0.717) is 30.2 Å². The van der Waals surface area contributed by atoms with E-state index < -0.39 is 67.7 Å². The number of benzene rings is 2. The summed E-state index contributed by atoms with van der Waals surface area (Å²) >= 11 is 0.368. The molecule has 2 aromatic carbocycles. The molecule has 1 aliphatic rings. The number of hydrogen-bond acceptors (Lipinski definition) is 7. The molecule has 3 aromatic rings. The van der Waals surface area contributed by atoms with E-state index in [9.17, 15) is 31.2 Å². The summed E-state index contributed by atoms with van der Waals surface area (Å²) < 4.78 is 74.5. The van der Waals surface area contributed by atoms with Gasteiger partial charge in [0.05, 0.1) is 16.6 Å². The molecule has 4 rings (SSSR count). The predicted octanol–water partition coefficient (Wildman–Crippen LogP) is 4.66. The Hall–Kier alpha value is -3.45. The molecule has 0 radical (unpaired) electrons. The molecule has 1 amide bonds. The minimum atomic E-state index is -3.90. The maximum Gasteiger partial charge on any atom is 0.309 e. The third-order valence-corrected chi connectivity index (χ3v) is 8.96. The molecular formula is C24H21F3N2O6S2. The number of halogens is 3. The van der Waals surface area contributed by atoms with Crippen molar-refractivity contribution >= 4 is 38.2 Å². The van der Waals surface area contributed by atoms with E-state index in [2.05, 4.69) is 10.3 Å². The number of rotatable bonds is 9. The summed E-state index contributed by atoms with van der Waals surface area (Å²) in [4.78, 5) is 27.8. The lowest BCUT2D eigenvalue weighted by molar-refractivity contribution is -0.136. The van der Waals surface area contributed by atoms with Gasteiger partial charge in [-0.3, -0.25) is 14.9 Å². The molecule has 196 valence electrons. The first-order chi connectivity index (χ1) is 17.6. The van der Waals surface area contributed by atoms with Crippen LogP contribution in [0.1, 0.15) is 43.0 Å². The smallest absolute Gasteiger partial charge is 0.309 e. The van der Waals surface area contributed by atoms with E-state index in [-0.39, 0.29) is 15.6 Å². The topological polar surface area (TPSA) is 123 Å². The monoisotopic (exact) mass is 554 g/mol. The third kappa shape index (κ3) is 5.93. The van der Waals surface area contributed by atoms with Crippen molar-refractivity contribution in [2.45, 2.75) is 48.4 Å². The van der Waals surface area contributed by atoms with Gasteiger partial charge in [0.2, 0.25) is 11.2 Å². The Balaban J connectivity index is 1.74. The SMILES string of the molecule is O=C(O)Cc1nc(NC(=O)C(Oc2ccc(F)cc2F)c2ccccc2S(=O)(=O)C2CCCC2)sc1F. The lowest BCUT2D eigenvalue weighted by atomic mass is 10.1. The van der Waals surface area contributed by atoms with Crippen LogP contribution in [0.25, 0.3) is 0 Å². The number of nitrogens with one attached hydrogen (secondary N) is 1. The fourth-order valence-electron chi connectivity index (χ4n) is 4.10. The fourth-order valence-corrected chi connectivity index (χ4v) is 6.90. The highest BCUT2D eigenvalue weighted by molar-refractivity contribution is 7.92. The number of nitrogens with zero attached hydrogens (tertiary/aromatic N) is 1. The van der Waals surface area contributed by atoms with Crippen LogP contribution in [-0.4, -0.2) is 35.6 Å². The van der Waals surface area contributed by atoms with Gasteiger partial charge in [-0.1, -0.05) is 42.4 Å². The van der Waals surface area contributed by atoms with Crippen LogP contribution in [0.15, 0.2) is 47.4 Å². The van der Waals surface area contributed by atoms with Crippen LogP contribution < -0.4 is 10.1 Å². The molecule has 1 fully saturated rings. The largest absolute Gasteiger partial charge is 0.481 e. The molecule has 2 N–H and O–H groups in total. The van der Waals surface area contributed by atoms with Crippen molar-refractivity contribution in [3.63, 3.8) is 0 Å². The van der Waals surface area contributed by atoms with E-state index in [1.165, 1.54) is 24.3 Å². The molecule has 8 nitrogen and oxygen atoms in total. The van der Waals surface area contributed by atoms with Crippen molar-refractivity contribution in [1.29, 1.82) is 0 Å². The van der Waals surface area contributed by atoms with Gasteiger partial charge in [0.25, 0.3) is 5.91 Å². The molecule has 0 aliphatic heterocycles. The number of hydrogen-bond donors (Lipinski definition) is 2. The van der Waals surface area contributed by atoms with Gasteiger partial charge in [-0.15, -0.1) is 0 Å². The number of aliphatic carboxylic acids is 1. The first-order valence-electron chi connectivity index (χ1n) is 11.2. The van der Waals surface area contributed by atoms with Gasteiger partial charge in [-0.25, -0.2) is 22.2 Å². The summed E-state index contributed by atoms with van der Waals surface area (Å²) in [6.45, 7) is 0. The Morgan fingerprint density at radius 1 is 1.14 bits per heavy atom. The van der Waals surface area contributed by atoms with Crippen LogP contribution in [-0.2, 0) is 25.8 Å². The van der Waals surface area contributed by atoms with Crippen LogP contribution in [0.4, 0.5) is 18.3 Å². The van der Waals surface area contributed by atoms with E-state index in [0.717, 1.165) is 25.0 Å². The van der Waals surface area contributed by atoms with Crippen LogP contribution in [0, 0.1) is 16.8 Å². The summed E-state index contributed by atoms with van der Waals surface area (Å²) in [6, 6.07) is 8.01. The highest BCUT2D eigenvalue weighted by atomic mass is 32.2. The second kappa shape index (κ2) is 10.9. The van der Waals surface area contributed by atoms with E-state index in [1.54, 1.807) is 0 Å². The van der Waals surface area contributed by atoms with E-state index in [4.69, 9.17) is 9.84 Å². The minimum absolute atomic E-state index is 0.0987. The quantitative estimate of drug-likeness (QED) is 0.394. The number of ether oxygens (including phenoxy) is 1. The standard InChI is InChI=1S/C24H21F3N2O6S2/c25-13-9-10-18(16(26)11-13)35-21(23(32)29-24-28-17(12-20(30)31)22(27)36-24)15-7-3-4-8-19(15)37(33,34)14-5-1-2-6-14/h3-4,7-11,14,21H,1-2,5-6,12H2,(H,30,31)(H,28,29,32). The Kier molecular flexibility index (Phi) is 7.83. The number of anilines is 1. The maximum atomic E-state index is 14.4. The highest BCUT2D eigenvalue weighted by Gasteiger charge is 2.36. The van der Waals surface area contributed by atoms with Crippen molar-refractivity contribution in [3.8, 4) is 5.75 Å². The molecule has 1 aliphatic carbocycles. The van der Waals surface area contributed by atoms with Crippen LogP contribution in [0.3, 0.4) is 0 Å². The van der Waals surface area contributed by atoms with E-state index in [1.807, 2.05) is 0 Å². The summed E-state index contributed by atoms with van der Waals surface area (Å²) in [5.41, 5.74) is -0.502. The summed E-state index contributed by atoms with van der Waals surface area (Å²) in [5.74, 6) is -4.89. The minimum Gasteiger partial charge on any atom is -0.481 e. The highest BCUT2D eigenvalue weighted by Crippen LogP contribution is 2.36. The van der Waals surface area contributed by atoms with Crippen molar-refractivity contribution in [2.24, 2.45) is 0 Å². The molecule has 1 heterocycles. The van der Waals surface area contributed by atoms with Crippen LogP contribution in [0.2, 0.25) is 0 Å². The number of carbonyl (C=O) groups is 2. The van der Waals surface area contributed by atoms with Crippen molar-refractivity contribution < 1.29 is 41.0 Å². The van der Waals surface area contributed by atoms with E-state index >= 15 is 0 Å². The van der Waals surface area contributed by atoms with Crippen LogP contribution in [0.5, 0.6) is 5.75 Å². The number of carboxylic acid groups (broad SMARTS) is 1. The van der Waals surface area contributed by atoms with Gasteiger partial charge in [-0.2, -0.15) is 4.39 Å². The molecule has 0 bridgehead atoms. The molecule has 1 saturated carbocycles. The third-order valence-electron chi connectivity index (χ3n) is 5.82. The zero-order valence-electron chi connectivity index (χ0n) is 19.1. The molecule has 13 heteroatoms. The first kappa shape index (κ1) is 26.6. The van der Waals surface area contributed by atoms with Gasteiger partial charge in [-0.05, 0) is 31.0 Å². The Bertz CT molecular complexity index is 1440. The van der Waals surface area contributed by atoms with Gasteiger partial charge in [0, 0.05) is 11.6 Å². The summed E-state index contributed by atoms with van der Waals surface area (Å²) in [6.07, 6.45) is -0.107. The molecular weight excluding hydrogens is 533 g/mol. The van der Waals surface area contributed by atoms with Gasteiger partial charge in [0.1, 0.15) is 11.5 Å². The van der Waals surface area contributed by atoms with Crippen LogP contribution >= 0.6 is 11.3 Å². The average Bonchev–Trinajstić information content (AvgIpc) is 3.49. The Morgan fingerprint density at radius 3 is 2.51 bits per heavy atom. The number of sulfone groups is 1. The molecule has 1 unspecified atom stereocenters. The normalized spacial score (nSPS) is 14.9. The lowest BCUT2D eigenvalue weighted by Crippen LogP contribution is -2.29. The fraction of sp³-hybridized carbons (Fsp3) is 0.292. The lowest BCUT2D eigenvalue weighted by Gasteiger charge is -2.22. The maximum absolute atomic E-state index is 14.4.